The Labute approximate surface area is 418 Å². The van der Waals surface area contributed by atoms with Gasteiger partial charge in [0.25, 0.3) is 0 Å². The molecule has 334 valence electrons. The van der Waals surface area contributed by atoms with Crippen molar-refractivity contribution in [1.82, 2.24) is 24.3 Å². The first-order chi connectivity index (χ1) is 35.2. The van der Waals surface area contributed by atoms with Crippen molar-refractivity contribution >= 4 is 68.0 Å². The van der Waals surface area contributed by atoms with Crippen LogP contribution in [0.15, 0.2) is 261 Å². The SMILES string of the molecule is c1ccc(-c2nc(-c3ccc4c(c3)sc3cc(-c5nc6ccccn6c5-c5ccc[c]([Ge]([c]6ccccc6)([c]6ccccc6)[c]6ccccc6)c5)ccc34)nc(-c3ccccc3-c3ccccc3)n2)cc1. The number of nitrogens with zero attached hydrogens (tertiary/aromatic N) is 5. The maximum absolute atomic E-state index is 5.39. The van der Waals surface area contributed by atoms with Crippen LogP contribution in [0.2, 0.25) is 0 Å². The second kappa shape index (κ2) is 18.1. The average Bonchev–Trinajstić information content (AvgIpc) is 4.03. The smallest absolute Gasteiger partial charge is 0.164 e. The van der Waals surface area contributed by atoms with Crippen molar-refractivity contribution in [1.29, 1.82) is 0 Å². The van der Waals surface area contributed by atoms with Gasteiger partial charge in [-0.25, -0.2) is 15.0 Å². The molecular weight excluding hydrogens is 943 g/mol. The van der Waals surface area contributed by atoms with Crippen molar-refractivity contribution in [3.8, 4) is 67.8 Å². The molecule has 9 aromatic carbocycles. The third-order valence-corrected chi connectivity index (χ3v) is 24.8. The molecule has 0 unspecified atom stereocenters. The molecule has 0 aliphatic carbocycles. The largest absolute Gasteiger partial charge is 0.208 e. The molecule has 0 saturated heterocycles. The van der Waals surface area contributed by atoms with E-state index in [1.165, 1.54) is 33.1 Å². The summed E-state index contributed by atoms with van der Waals surface area (Å²) < 4.78 is 10.1. The summed E-state index contributed by atoms with van der Waals surface area (Å²) in [5.74, 6) is 1.91. The Morgan fingerprint density at radius 1 is 0.324 bits per heavy atom. The molecule has 0 radical (unpaired) electrons. The number of thiophene rings is 1. The molecule has 4 heterocycles. The molecule has 0 aliphatic heterocycles. The monoisotopic (exact) mass is 987 g/mol. The molecule has 13 aromatic rings. The van der Waals surface area contributed by atoms with Crippen LogP contribution in [0.4, 0.5) is 0 Å². The summed E-state index contributed by atoms with van der Waals surface area (Å²) in [6, 6.07) is 91.5. The van der Waals surface area contributed by atoms with Gasteiger partial charge in [0.2, 0.25) is 0 Å². The van der Waals surface area contributed by atoms with E-state index in [0.29, 0.717) is 17.5 Å². The third-order valence-electron chi connectivity index (χ3n) is 13.6. The van der Waals surface area contributed by atoms with Gasteiger partial charge < -0.3 is 0 Å². The number of imidazole rings is 1. The molecule has 0 N–H and O–H groups in total. The number of hydrogen-bond acceptors (Lipinski definition) is 5. The van der Waals surface area contributed by atoms with Crippen molar-refractivity contribution in [3.63, 3.8) is 0 Å². The topological polar surface area (TPSA) is 56.0 Å². The summed E-state index contributed by atoms with van der Waals surface area (Å²) in [5.41, 5.74) is 10.2. The van der Waals surface area contributed by atoms with E-state index in [1.54, 1.807) is 11.3 Å². The minimum atomic E-state index is -3.56. The van der Waals surface area contributed by atoms with Crippen LogP contribution >= 0.6 is 11.3 Å². The molecule has 0 aliphatic rings. The van der Waals surface area contributed by atoms with Crippen molar-refractivity contribution in [2.45, 2.75) is 0 Å². The standard InChI is InChI=1S/C64H43GeN5S/c1-6-21-44(22-7-1)53-33-16-17-34-56(53)64-68-62(45-23-8-2-9-24-45)67-63(69-64)48-37-39-55-54-38-36-46(42-57(54)71-58(55)43-48)60-61(70-40-19-18-35-59(70)66-60)47-25-20-32-52(41-47)65(49-26-10-3-11-27-49,50-28-12-4-13-29-50)51-30-14-5-15-31-51/h1-43H. The van der Waals surface area contributed by atoms with Crippen LogP contribution in [-0.4, -0.2) is 37.6 Å². The summed E-state index contributed by atoms with van der Waals surface area (Å²) in [4.78, 5) is 20.8. The Kier molecular flexibility index (Phi) is 10.8. The molecule has 0 bridgehead atoms. The van der Waals surface area contributed by atoms with Gasteiger partial charge in [-0.3, -0.25) is 0 Å². The van der Waals surface area contributed by atoms with Crippen LogP contribution in [0.3, 0.4) is 0 Å². The molecule has 13 rings (SSSR count). The van der Waals surface area contributed by atoms with E-state index in [4.69, 9.17) is 19.9 Å². The first kappa shape index (κ1) is 42.5. The van der Waals surface area contributed by atoms with Crippen LogP contribution in [0.5, 0.6) is 0 Å². The van der Waals surface area contributed by atoms with Gasteiger partial charge in [-0.2, -0.15) is 0 Å². The average molecular weight is 987 g/mol. The van der Waals surface area contributed by atoms with Gasteiger partial charge in [-0.1, -0.05) is 84.9 Å². The van der Waals surface area contributed by atoms with Crippen LogP contribution in [-0.2, 0) is 0 Å². The van der Waals surface area contributed by atoms with Gasteiger partial charge in [0.1, 0.15) is 0 Å². The second-order valence-electron chi connectivity index (χ2n) is 17.8. The molecule has 7 heteroatoms. The van der Waals surface area contributed by atoms with Gasteiger partial charge in [0.05, 0.1) is 0 Å². The molecule has 0 spiro atoms. The van der Waals surface area contributed by atoms with E-state index in [9.17, 15) is 0 Å². The van der Waals surface area contributed by atoms with Crippen molar-refractivity contribution in [3.05, 3.63) is 261 Å². The van der Waals surface area contributed by atoms with Crippen molar-refractivity contribution in [2.24, 2.45) is 0 Å². The minimum Gasteiger partial charge on any atom is -0.208 e. The summed E-state index contributed by atoms with van der Waals surface area (Å²) in [5, 5.41) is 2.40. The van der Waals surface area contributed by atoms with Crippen LogP contribution in [0.25, 0.3) is 93.6 Å². The molecule has 5 nitrogen and oxygen atoms in total. The Morgan fingerprint density at radius 3 is 1.44 bits per heavy atom. The zero-order chi connectivity index (χ0) is 47.1. The third kappa shape index (κ3) is 7.56. The van der Waals surface area contributed by atoms with Gasteiger partial charge in [0.15, 0.2) is 17.5 Å². The molecular formula is C64H43GeN5S. The predicted octanol–water partition coefficient (Wildman–Crippen LogP) is 13.3. The Morgan fingerprint density at radius 2 is 0.803 bits per heavy atom. The van der Waals surface area contributed by atoms with E-state index in [-0.39, 0.29) is 0 Å². The molecule has 71 heavy (non-hydrogen) atoms. The van der Waals surface area contributed by atoms with Crippen molar-refractivity contribution < 1.29 is 0 Å². The summed E-state index contributed by atoms with van der Waals surface area (Å²) in [6.45, 7) is 0. The first-order valence-corrected chi connectivity index (χ1v) is 28.9. The predicted molar refractivity (Wildman–Crippen MR) is 298 cm³/mol. The molecule has 0 fully saturated rings. The van der Waals surface area contributed by atoms with E-state index >= 15 is 0 Å². The molecule has 0 saturated carbocycles. The summed E-state index contributed by atoms with van der Waals surface area (Å²) >= 11 is -1.77. The van der Waals surface area contributed by atoms with E-state index in [2.05, 4.69) is 235 Å². The Hall–Kier alpha value is -8.56. The Bertz CT molecular complexity index is 3950. The minimum absolute atomic E-state index is 0.633. The number of hydrogen-bond donors (Lipinski definition) is 0. The van der Waals surface area contributed by atoms with Crippen LogP contribution < -0.4 is 17.6 Å². The maximum atomic E-state index is 5.39. The number of aromatic nitrogens is 5. The summed E-state index contributed by atoms with van der Waals surface area (Å²) in [6.07, 6.45) is 2.14. The molecule has 0 amide bonds. The molecule has 0 atom stereocenters. The fourth-order valence-electron chi connectivity index (χ4n) is 10.4. The number of pyridine rings is 1. The van der Waals surface area contributed by atoms with E-state index in [0.717, 1.165) is 60.7 Å². The van der Waals surface area contributed by atoms with E-state index in [1.807, 2.05) is 30.3 Å². The number of benzene rings is 9. The maximum Gasteiger partial charge on any atom is 0.164 e. The van der Waals surface area contributed by atoms with E-state index < -0.39 is 13.3 Å². The summed E-state index contributed by atoms with van der Waals surface area (Å²) in [7, 11) is 0. The van der Waals surface area contributed by atoms with Gasteiger partial charge >= 0.3 is 282 Å². The number of fused-ring (bicyclic) bond motifs is 4. The second-order valence-corrected chi connectivity index (χ2v) is 26.9. The fraction of sp³-hybridized carbons (Fsp3) is 0. The fourth-order valence-corrected chi connectivity index (χ4v) is 21.6. The van der Waals surface area contributed by atoms with Crippen LogP contribution in [0.1, 0.15) is 0 Å². The zero-order valence-corrected chi connectivity index (χ0v) is 41.4. The number of rotatable bonds is 10. The normalized spacial score (nSPS) is 11.7. The van der Waals surface area contributed by atoms with Gasteiger partial charge in [-0.05, 0) is 11.1 Å². The molecule has 4 aromatic heterocycles. The van der Waals surface area contributed by atoms with Crippen molar-refractivity contribution in [2.75, 3.05) is 0 Å². The quantitative estimate of drug-likeness (QED) is 0.128. The van der Waals surface area contributed by atoms with Gasteiger partial charge in [-0.15, -0.1) is 0 Å². The van der Waals surface area contributed by atoms with Gasteiger partial charge in [0, 0.05) is 11.1 Å². The van der Waals surface area contributed by atoms with Crippen LogP contribution in [0, 0.1) is 0 Å². The Balaban J connectivity index is 0.940. The first-order valence-electron chi connectivity index (χ1n) is 23.9. The zero-order valence-electron chi connectivity index (χ0n) is 38.5.